The molecular formula is C21H21FN4O2. The Balaban J connectivity index is 1.36. The third-order valence-electron chi connectivity index (χ3n) is 4.83. The number of carbonyl (C=O) groups is 1. The van der Waals surface area contributed by atoms with Gasteiger partial charge in [0.1, 0.15) is 5.82 Å². The van der Waals surface area contributed by atoms with Crippen LogP contribution in [0.1, 0.15) is 18.7 Å². The first kappa shape index (κ1) is 18.3. The summed E-state index contributed by atoms with van der Waals surface area (Å²) >= 11 is 0. The van der Waals surface area contributed by atoms with E-state index in [2.05, 4.69) is 20.4 Å². The molecule has 28 heavy (non-hydrogen) atoms. The van der Waals surface area contributed by atoms with Gasteiger partial charge in [0.25, 0.3) is 0 Å². The lowest BCUT2D eigenvalue weighted by Crippen LogP contribution is -2.40. The Morgan fingerprint density at radius 1 is 1.14 bits per heavy atom. The van der Waals surface area contributed by atoms with Crippen LogP contribution >= 0.6 is 0 Å². The largest absolute Gasteiger partial charge is 0.419 e. The van der Waals surface area contributed by atoms with E-state index in [4.69, 9.17) is 4.42 Å². The molecule has 3 aromatic rings. The lowest BCUT2D eigenvalue weighted by atomic mass is 9.97. The minimum absolute atomic E-state index is 0.0356. The van der Waals surface area contributed by atoms with Crippen LogP contribution in [0.15, 0.2) is 59.0 Å². The van der Waals surface area contributed by atoms with Gasteiger partial charge >= 0.3 is 0 Å². The summed E-state index contributed by atoms with van der Waals surface area (Å²) in [6, 6.07) is 15.4. The summed E-state index contributed by atoms with van der Waals surface area (Å²) in [4.78, 5) is 14.7. The Labute approximate surface area is 162 Å². The zero-order valence-electron chi connectivity index (χ0n) is 15.3. The number of hydrogen-bond donors (Lipinski definition) is 1. The summed E-state index contributed by atoms with van der Waals surface area (Å²) in [6.45, 7) is 2.01. The molecule has 0 radical (unpaired) electrons. The van der Waals surface area contributed by atoms with E-state index in [-0.39, 0.29) is 17.6 Å². The molecule has 2 heterocycles. The molecule has 1 amide bonds. The van der Waals surface area contributed by atoms with Crippen molar-refractivity contribution in [3.05, 3.63) is 66.3 Å². The van der Waals surface area contributed by atoms with Gasteiger partial charge in [-0.15, -0.1) is 10.2 Å². The van der Waals surface area contributed by atoms with Crippen molar-refractivity contribution in [2.45, 2.75) is 19.4 Å². The highest BCUT2D eigenvalue weighted by Gasteiger charge is 2.27. The van der Waals surface area contributed by atoms with E-state index < -0.39 is 0 Å². The van der Waals surface area contributed by atoms with E-state index in [0.29, 0.717) is 30.4 Å². The summed E-state index contributed by atoms with van der Waals surface area (Å²) in [7, 11) is 0. The lowest BCUT2D eigenvalue weighted by Gasteiger charge is -2.30. The molecule has 0 aliphatic carbocycles. The maximum absolute atomic E-state index is 13.1. The van der Waals surface area contributed by atoms with Gasteiger partial charge in [0.2, 0.25) is 17.7 Å². The van der Waals surface area contributed by atoms with Gasteiger partial charge in [-0.1, -0.05) is 18.2 Å². The number of benzene rings is 2. The maximum Gasteiger partial charge on any atom is 0.247 e. The molecule has 4 rings (SSSR count). The molecular weight excluding hydrogens is 359 g/mol. The molecule has 1 fully saturated rings. The predicted molar refractivity (Wildman–Crippen MR) is 103 cm³/mol. The van der Waals surface area contributed by atoms with Gasteiger partial charge < -0.3 is 9.73 Å². The zero-order chi connectivity index (χ0) is 19.3. The molecule has 1 saturated heterocycles. The molecule has 144 valence electrons. The SMILES string of the molecule is O=C(Nc1ccccc1)C1CCCN(Cc2nnc(-c3ccc(F)cc3)o2)C1. The van der Waals surface area contributed by atoms with Gasteiger partial charge in [-0.25, -0.2) is 4.39 Å². The molecule has 1 aliphatic heterocycles. The molecule has 1 unspecified atom stereocenters. The number of anilines is 1. The van der Waals surface area contributed by atoms with Crippen LogP contribution in [0.4, 0.5) is 10.1 Å². The van der Waals surface area contributed by atoms with Crippen LogP contribution in [0.5, 0.6) is 0 Å². The standard InChI is InChI=1S/C21H21FN4O2/c22-17-10-8-15(9-11-17)21-25-24-19(28-21)14-26-12-4-5-16(13-26)20(27)23-18-6-2-1-3-7-18/h1-3,6-11,16H,4-5,12-14H2,(H,23,27). The summed E-state index contributed by atoms with van der Waals surface area (Å²) in [5.41, 5.74) is 1.49. The van der Waals surface area contributed by atoms with Crippen molar-refractivity contribution in [3.8, 4) is 11.5 Å². The highest BCUT2D eigenvalue weighted by molar-refractivity contribution is 5.92. The maximum atomic E-state index is 13.1. The van der Waals surface area contributed by atoms with E-state index in [1.807, 2.05) is 30.3 Å². The van der Waals surface area contributed by atoms with Crippen LogP contribution in [0.3, 0.4) is 0 Å². The van der Waals surface area contributed by atoms with Gasteiger partial charge in [0.15, 0.2) is 0 Å². The van der Waals surface area contributed by atoms with Crippen LogP contribution in [0, 0.1) is 11.7 Å². The normalized spacial score (nSPS) is 17.4. The molecule has 1 N–H and O–H groups in total. The van der Waals surface area contributed by atoms with E-state index in [0.717, 1.165) is 25.1 Å². The van der Waals surface area contributed by atoms with E-state index in [1.165, 1.54) is 12.1 Å². The number of rotatable bonds is 5. The second-order valence-corrected chi connectivity index (χ2v) is 6.94. The number of halogens is 1. The Hall–Kier alpha value is -3.06. The number of nitrogens with one attached hydrogen (secondary N) is 1. The number of aromatic nitrogens is 2. The van der Waals surface area contributed by atoms with Crippen molar-refractivity contribution in [2.24, 2.45) is 5.92 Å². The molecule has 0 saturated carbocycles. The number of likely N-dealkylation sites (tertiary alicyclic amines) is 1. The number of piperidine rings is 1. The smallest absolute Gasteiger partial charge is 0.247 e. The van der Waals surface area contributed by atoms with Gasteiger partial charge in [0, 0.05) is 17.8 Å². The zero-order valence-corrected chi connectivity index (χ0v) is 15.3. The van der Waals surface area contributed by atoms with Crippen molar-refractivity contribution in [3.63, 3.8) is 0 Å². The Kier molecular flexibility index (Phi) is 5.43. The van der Waals surface area contributed by atoms with Crippen LogP contribution in [-0.4, -0.2) is 34.1 Å². The first-order valence-corrected chi connectivity index (χ1v) is 9.34. The Bertz CT molecular complexity index is 927. The minimum atomic E-state index is -0.309. The highest BCUT2D eigenvalue weighted by atomic mass is 19.1. The van der Waals surface area contributed by atoms with Crippen LogP contribution < -0.4 is 5.32 Å². The van der Waals surface area contributed by atoms with E-state index >= 15 is 0 Å². The number of amides is 1. The van der Waals surface area contributed by atoms with Crippen molar-refractivity contribution in [1.82, 2.24) is 15.1 Å². The fourth-order valence-electron chi connectivity index (χ4n) is 3.40. The average Bonchev–Trinajstić information content (AvgIpc) is 3.18. The van der Waals surface area contributed by atoms with Crippen LogP contribution in [0.25, 0.3) is 11.5 Å². The van der Waals surface area contributed by atoms with E-state index in [9.17, 15) is 9.18 Å². The molecule has 0 spiro atoms. The number of nitrogens with zero attached hydrogens (tertiary/aromatic N) is 3. The van der Waals surface area contributed by atoms with Crippen LogP contribution in [-0.2, 0) is 11.3 Å². The van der Waals surface area contributed by atoms with Gasteiger partial charge in [-0.05, 0) is 55.8 Å². The second kappa shape index (κ2) is 8.31. The number of carbonyl (C=O) groups excluding carboxylic acids is 1. The summed E-state index contributed by atoms with van der Waals surface area (Å²) in [5, 5.41) is 11.1. The molecule has 1 aromatic heterocycles. The van der Waals surface area contributed by atoms with E-state index in [1.54, 1.807) is 12.1 Å². The summed E-state index contributed by atoms with van der Waals surface area (Å²) in [6.07, 6.45) is 1.80. The molecule has 6 nitrogen and oxygen atoms in total. The fraction of sp³-hybridized carbons (Fsp3) is 0.286. The minimum Gasteiger partial charge on any atom is -0.419 e. The third kappa shape index (κ3) is 4.43. The highest BCUT2D eigenvalue weighted by Crippen LogP contribution is 2.22. The average molecular weight is 380 g/mol. The second-order valence-electron chi connectivity index (χ2n) is 6.94. The molecule has 2 aromatic carbocycles. The fourth-order valence-corrected chi connectivity index (χ4v) is 3.40. The van der Waals surface area contributed by atoms with Crippen LogP contribution in [0.2, 0.25) is 0 Å². The predicted octanol–water partition coefficient (Wildman–Crippen LogP) is 3.73. The summed E-state index contributed by atoms with van der Waals surface area (Å²) in [5.74, 6) is 0.507. The van der Waals surface area contributed by atoms with Gasteiger partial charge in [0.05, 0.1) is 12.5 Å². The number of hydrogen-bond acceptors (Lipinski definition) is 5. The first-order chi connectivity index (χ1) is 13.7. The van der Waals surface area contributed by atoms with Gasteiger partial charge in [-0.2, -0.15) is 0 Å². The molecule has 1 atom stereocenters. The quantitative estimate of drug-likeness (QED) is 0.730. The molecule has 0 bridgehead atoms. The van der Waals surface area contributed by atoms with Crippen molar-refractivity contribution >= 4 is 11.6 Å². The summed E-state index contributed by atoms with van der Waals surface area (Å²) < 4.78 is 18.8. The Morgan fingerprint density at radius 2 is 1.93 bits per heavy atom. The Morgan fingerprint density at radius 3 is 2.71 bits per heavy atom. The topological polar surface area (TPSA) is 71.3 Å². The third-order valence-corrected chi connectivity index (χ3v) is 4.83. The molecule has 7 heteroatoms. The van der Waals surface area contributed by atoms with Crippen molar-refractivity contribution in [1.29, 1.82) is 0 Å². The first-order valence-electron chi connectivity index (χ1n) is 9.34. The number of para-hydroxylation sites is 1. The van der Waals surface area contributed by atoms with Gasteiger partial charge in [-0.3, -0.25) is 9.69 Å². The van der Waals surface area contributed by atoms with Crippen molar-refractivity contribution < 1.29 is 13.6 Å². The molecule has 1 aliphatic rings. The monoisotopic (exact) mass is 380 g/mol. The van der Waals surface area contributed by atoms with Crippen molar-refractivity contribution in [2.75, 3.05) is 18.4 Å². The lowest BCUT2D eigenvalue weighted by molar-refractivity contribution is -0.121.